The van der Waals surface area contributed by atoms with Crippen molar-refractivity contribution in [3.63, 3.8) is 0 Å². The van der Waals surface area contributed by atoms with Crippen LogP contribution in [-0.2, 0) is 6.54 Å². The van der Waals surface area contributed by atoms with E-state index < -0.39 is 0 Å². The van der Waals surface area contributed by atoms with Crippen LogP contribution in [0.2, 0.25) is 0 Å². The number of rotatable bonds is 5. The average molecular weight is 337 g/mol. The van der Waals surface area contributed by atoms with Gasteiger partial charge in [-0.05, 0) is 21.5 Å². The van der Waals surface area contributed by atoms with Crippen LogP contribution in [0, 0.1) is 0 Å². The Balaban J connectivity index is 2.06. The third-order valence-corrected chi connectivity index (χ3v) is 3.12. The molecule has 1 N–H and O–H groups in total. The third kappa shape index (κ3) is 3.90. The van der Waals surface area contributed by atoms with Crippen LogP contribution in [0.3, 0.4) is 0 Å². The molecule has 0 saturated heterocycles. The molecule has 2 aromatic heterocycles. The molecule has 0 aliphatic carbocycles. The Hall–Kier alpha value is -1.69. The normalized spacial score (nSPS) is 10.7. The highest BCUT2D eigenvalue weighted by atomic mass is 79.9. The summed E-state index contributed by atoms with van der Waals surface area (Å²) < 4.78 is 5.82. The molecule has 0 spiro atoms. The quantitative estimate of drug-likeness (QED) is 0.848. The first-order valence-electron chi connectivity index (χ1n) is 6.35. The number of pyridine rings is 1. The number of ether oxygens (including phenoxy) is 1. The Morgan fingerprint density at radius 1 is 1.30 bits per heavy atom. The van der Waals surface area contributed by atoms with Crippen molar-refractivity contribution in [2.75, 3.05) is 12.4 Å². The van der Waals surface area contributed by atoms with Gasteiger partial charge in [-0.1, -0.05) is 19.9 Å². The van der Waals surface area contributed by atoms with E-state index >= 15 is 0 Å². The van der Waals surface area contributed by atoms with Crippen molar-refractivity contribution in [3.05, 3.63) is 40.4 Å². The molecule has 2 heterocycles. The Labute approximate surface area is 127 Å². The standard InChI is InChI=1S/C14H17BrN4O/c1-9(2)14-18-11(15)6-12(19-14)16-7-10-4-5-13(20-3)17-8-10/h4-6,8-9H,7H2,1-3H3,(H,16,18,19). The maximum Gasteiger partial charge on any atom is 0.212 e. The second-order valence-corrected chi connectivity index (χ2v) is 5.46. The smallest absolute Gasteiger partial charge is 0.212 e. The molecule has 106 valence electrons. The van der Waals surface area contributed by atoms with E-state index in [-0.39, 0.29) is 5.92 Å². The number of anilines is 1. The number of aromatic nitrogens is 3. The van der Waals surface area contributed by atoms with Crippen LogP contribution < -0.4 is 10.1 Å². The molecule has 0 bridgehead atoms. The predicted molar refractivity (Wildman–Crippen MR) is 81.9 cm³/mol. The second kappa shape index (κ2) is 6.65. The number of halogens is 1. The van der Waals surface area contributed by atoms with E-state index in [4.69, 9.17) is 4.74 Å². The van der Waals surface area contributed by atoms with E-state index in [1.54, 1.807) is 13.3 Å². The minimum Gasteiger partial charge on any atom is -0.481 e. The van der Waals surface area contributed by atoms with Crippen LogP contribution in [0.25, 0.3) is 0 Å². The summed E-state index contributed by atoms with van der Waals surface area (Å²) in [5.41, 5.74) is 1.06. The monoisotopic (exact) mass is 336 g/mol. The summed E-state index contributed by atoms with van der Waals surface area (Å²) in [6.07, 6.45) is 1.78. The predicted octanol–water partition coefficient (Wildman–Crippen LogP) is 3.38. The SMILES string of the molecule is COc1ccc(CNc2cc(Br)nc(C(C)C)n2)cn1. The highest BCUT2D eigenvalue weighted by Crippen LogP contribution is 2.18. The Morgan fingerprint density at radius 3 is 2.70 bits per heavy atom. The lowest BCUT2D eigenvalue weighted by molar-refractivity contribution is 0.397. The first kappa shape index (κ1) is 14.7. The summed E-state index contributed by atoms with van der Waals surface area (Å²) in [6.45, 7) is 4.79. The van der Waals surface area contributed by atoms with Crippen LogP contribution in [0.1, 0.15) is 31.2 Å². The van der Waals surface area contributed by atoms with Crippen molar-refractivity contribution in [1.29, 1.82) is 0 Å². The lowest BCUT2D eigenvalue weighted by atomic mass is 10.2. The van der Waals surface area contributed by atoms with Crippen LogP contribution >= 0.6 is 15.9 Å². The Kier molecular flexibility index (Phi) is 4.89. The van der Waals surface area contributed by atoms with Crippen molar-refractivity contribution in [2.45, 2.75) is 26.3 Å². The van der Waals surface area contributed by atoms with Gasteiger partial charge in [0.25, 0.3) is 0 Å². The zero-order chi connectivity index (χ0) is 14.5. The second-order valence-electron chi connectivity index (χ2n) is 4.65. The van der Waals surface area contributed by atoms with Gasteiger partial charge in [-0.15, -0.1) is 0 Å². The zero-order valence-corrected chi connectivity index (χ0v) is 13.3. The topological polar surface area (TPSA) is 59.9 Å². The first-order chi connectivity index (χ1) is 9.58. The third-order valence-electron chi connectivity index (χ3n) is 2.71. The molecule has 2 rings (SSSR count). The Bertz CT molecular complexity index is 572. The maximum absolute atomic E-state index is 5.03. The largest absolute Gasteiger partial charge is 0.481 e. The number of hydrogen-bond acceptors (Lipinski definition) is 5. The van der Waals surface area contributed by atoms with E-state index in [0.29, 0.717) is 12.4 Å². The van der Waals surface area contributed by atoms with Gasteiger partial charge in [0, 0.05) is 30.8 Å². The molecule has 0 unspecified atom stereocenters. The van der Waals surface area contributed by atoms with E-state index in [2.05, 4.69) is 50.0 Å². The molecule has 20 heavy (non-hydrogen) atoms. The van der Waals surface area contributed by atoms with E-state index in [9.17, 15) is 0 Å². The molecule has 0 aliphatic rings. The Morgan fingerprint density at radius 2 is 2.10 bits per heavy atom. The van der Waals surface area contributed by atoms with E-state index in [0.717, 1.165) is 21.8 Å². The van der Waals surface area contributed by atoms with Crippen molar-refractivity contribution in [3.8, 4) is 5.88 Å². The molecule has 0 aliphatic heterocycles. The summed E-state index contributed by atoms with van der Waals surface area (Å²) in [5, 5.41) is 3.27. The molecule has 0 radical (unpaired) electrons. The van der Waals surface area contributed by atoms with Gasteiger partial charge in [0.1, 0.15) is 16.2 Å². The molecular formula is C14H17BrN4O. The zero-order valence-electron chi connectivity index (χ0n) is 11.7. The van der Waals surface area contributed by atoms with E-state index in [1.165, 1.54) is 0 Å². The highest BCUT2D eigenvalue weighted by molar-refractivity contribution is 9.10. The maximum atomic E-state index is 5.03. The fourth-order valence-electron chi connectivity index (χ4n) is 1.61. The van der Waals surface area contributed by atoms with Crippen LogP contribution in [0.5, 0.6) is 5.88 Å². The van der Waals surface area contributed by atoms with Gasteiger partial charge in [-0.25, -0.2) is 15.0 Å². The highest BCUT2D eigenvalue weighted by Gasteiger charge is 2.06. The van der Waals surface area contributed by atoms with Crippen LogP contribution in [0.4, 0.5) is 5.82 Å². The van der Waals surface area contributed by atoms with Gasteiger partial charge in [0.2, 0.25) is 5.88 Å². The van der Waals surface area contributed by atoms with Gasteiger partial charge in [-0.2, -0.15) is 0 Å². The lowest BCUT2D eigenvalue weighted by Crippen LogP contribution is -2.06. The van der Waals surface area contributed by atoms with Crippen molar-refractivity contribution >= 4 is 21.7 Å². The average Bonchev–Trinajstić information content (AvgIpc) is 2.45. The number of nitrogens with one attached hydrogen (secondary N) is 1. The first-order valence-corrected chi connectivity index (χ1v) is 7.15. The summed E-state index contributed by atoms with van der Waals surface area (Å²) in [4.78, 5) is 13.0. The van der Waals surface area contributed by atoms with Gasteiger partial charge in [0.15, 0.2) is 0 Å². The van der Waals surface area contributed by atoms with Crippen LogP contribution in [-0.4, -0.2) is 22.1 Å². The van der Waals surface area contributed by atoms with Gasteiger partial charge in [0.05, 0.1) is 7.11 Å². The molecule has 0 amide bonds. The van der Waals surface area contributed by atoms with Crippen molar-refractivity contribution in [2.24, 2.45) is 0 Å². The molecule has 0 atom stereocenters. The molecule has 6 heteroatoms. The molecule has 5 nitrogen and oxygen atoms in total. The fraction of sp³-hybridized carbons (Fsp3) is 0.357. The summed E-state index contributed by atoms with van der Waals surface area (Å²) >= 11 is 3.41. The summed E-state index contributed by atoms with van der Waals surface area (Å²) in [5.74, 6) is 2.51. The number of methoxy groups -OCH3 is 1. The molecule has 2 aromatic rings. The summed E-state index contributed by atoms with van der Waals surface area (Å²) in [7, 11) is 1.60. The minimum absolute atomic E-state index is 0.288. The lowest BCUT2D eigenvalue weighted by Gasteiger charge is -2.10. The van der Waals surface area contributed by atoms with Crippen molar-refractivity contribution < 1.29 is 4.74 Å². The molecule has 0 fully saturated rings. The van der Waals surface area contributed by atoms with Gasteiger partial charge in [-0.3, -0.25) is 0 Å². The van der Waals surface area contributed by atoms with Gasteiger partial charge < -0.3 is 10.1 Å². The number of nitrogens with zero attached hydrogens (tertiary/aromatic N) is 3. The molecule has 0 aromatic carbocycles. The van der Waals surface area contributed by atoms with Crippen LogP contribution in [0.15, 0.2) is 29.0 Å². The van der Waals surface area contributed by atoms with Gasteiger partial charge >= 0.3 is 0 Å². The minimum atomic E-state index is 0.288. The van der Waals surface area contributed by atoms with Crippen molar-refractivity contribution in [1.82, 2.24) is 15.0 Å². The van der Waals surface area contributed by atoms with E-state index in [1.807, 2.05) is 18.2 Å². The number of hydrogen-bond donors (Lipinski definition) is 1. The molecule has 0 saturated carbocycles. The summed E-state index contributed by atoms with van der Waals surface area (Å²) in [6, 6.07) is 5.67. The molecular weight excluding hydrogens is 320 g/mol. The fourth-order valence-corrected chi connectivity index (χ4v) is 2.01.